The highest BCUT2D eigenvalue weighted by Crippen LogP contribution is 2.27. The number of benzene rings is 2. The maximum atomic E-state index is 12.8. The monoisotopic (exact) mass is 430 g/mol. The normalized spacial score (nSPS) is 12.4. The Kier molecular flexibility index (Phi) is 5.99. The fraction of sp³-hybridized carbons (Fsp3) is 0.250. The van der Waals surface area contributed by atoms with Gasteiger partial charge in [0, 0.05) is 5.56 Å². The Bertz CT molecular complexity index is 1110. The van der Waals surface area contributed by atoms with Crippen LogP contribution in [0.15, 0.2) is 48.5 Å². The summed E-state index contributed by atoms with van der Waals surface area (Å²) >= 11 is 1.23. The van der Waals surface area contributed by atoms with Gasteiger partial charge in [0.05, 0.1) is 11.9 Å². The number of aromatic nitrogens is 2. The van der Waals surface area contributed by atoms with Crippen LogP contribution in [0.2, 0.25) is 0 Å². The van der Waals surface area contributed by atoms with E-state index in [-0.39, 0.29) is 0 Å². The third-order valence-electron chi connectivity index (χ3n) is 4.23. The zero-order valence-electron chi connectivity index (χ0n) is 16.6. The van der Waals surface area contributed by atoms with Crippen LogP contribution in [0, 0.1) is 13.8 Å². The highest BCUT2D eigenvalue weighted by atomic mass is 32.2. The number of sulfonamides is 1. The lowest BCUT2D eigenvalue weighted by molar-refractivity contribution is -0.116. The summed E-state index contributed by atoms with van der Waals surface area (Å²) in [6.07, 6.45) is 1.09. The fourth-order valence-corrected chi connectivity index (χ4v) is 4.98. The zero-order chi connectivity index (χ0) is 21.2. The molecule has 7 nitrogen and oxygen atoms in total. The number of rotatable bonds is 6. The maximum Gasteiger partial charge on any atom is 0.249 e. The predicted molar refractivity (Wildman–Crippen MR) is 117 cm³/mol. The molecule has 0 aliphatic carbocycles. The molecule has 0 fully saturated rings. The summed E-state index contributed by atoms with van der Waals surface area (Å²) in [5.74, 6) is -0.481. The molecule has 2 aromatic carbocycles. The van der Waals surface area contributed by atoms with Crippen molar-refractivity contribution in [2.45, 2.75) is 26.8 Å². The largest absolute Gasteiger partial charge is 0.299 e. The number of nitrogens with zero attached hydrogens (tertiary/aromatic N) is 3. The molecule has 0 aliphatic rings. The Labute approximate surface area is 174 Å². The van der Waals surface area contributed by atoms with Gasteiger partial charge in [0.25, 0.3) is 0 Å². The van der Waals surface area contributed by atoms with Crippen LogP contribution in [0.25, 0.3) is 10.6 Å². The van der Waals surface area contributed by atoms with Crippen molar-refractivity contribution in [2.75, 3.05) is 15.9 Å². The molecule has 1 heterocycles. The second kappa shape index (κ2) is 8.30. The summed E-state index contributed by atoms with van der Waals surface area (Å²) in [5, 5.41) is 11.8. The fourth-order valence-electron chi connectivity index (χ4n) is 3.07. The summed E-state index contributed by atoms with van der Waals surface area (Å²) in [4.78, 5) is 12.8. The van der Waals surface area contributed by atoms with Gasteiger partial charge in [-0.05, 0) is 44.0 Å². The molecule has 0 saturated heterocycles. The number of aryl methyl sites for hydroxylation is 2. The van der Waals surface area contributed by atoms with Crippen molar-refractivity contribution in [1.29, 1.82) is 0 Å². The summed E-state index contributed by atoms with van der Waals surface area (Å²) in [5.41, 5.74) is 3.18. The minimum atomic E-state index is -3.69. The molecule has 0 bridgehead atoms. The van der Waals surface area contributed by atoms with E-state index in [2.05, 4.69) is 15.5 Å². The molecule has 0 aliphatic heterocycles. The quantitative estimate of drug-likeness (QED) is 0.645. The summed E-state index contributed by atoms with van der Waals surface area (Å²) in [6.45, 7) is 5.31. The van der Waals surface area contributed by atoms with Crippen LogP contribution < -0.4 is 9.62 Å². The number of hydrogen-bond donors (Lipinski definition) is 1. The van der Waals surface area contributed by atoms with Crippen LogP contribution in [0.3, 0.4) is 0 Å². The van der Waals surface area contributed by atoms with Gasteiger partial charge < -0.3 is 0 Å². The van der Waals surface area contributed by atoms with E-state index in [1.54, 1.807) is 19.1 Å². The topological polar surface area (TPSA) is 92.3 Å². The summed E-state index contributed by atoms with van der Waals surface area (Å²) in [6, 6.07) is 14.0. The lowest BCUT2D eigenvalue weighted by atomic mass is 10.1. The van der Waals surface area contributed by atoms with E-state index in [9.17, 15) is 13.2 Å². The summed E-state index contributed by atoms with van der Waals surface area (Å²) < 4.78 is 26.1. The van der Waals surface area contributed by atoms with Crippen molar-refractivity contribution in [3.8, 4) is 10.6 Å². The molecular weight excluding hydrogens is 408 g/mol. The van der Waals surface area contributed by atoms with Crippen LogP contribution >= 0.6 is 11.3 Å². The van der Waals surface area contributed by atoms with Crippen molar-refractivity contribution >= 4 is 38.1 Å². The number of anilines is 2. The molecule has 1 aromatic heterocycles. The molecule has 0 saturated carbocycles. The first-order valence-corrected chi connectivity index (χ1v) is 11.6. The van der Waals surface area contributed by atoms with Gasteiger partial charge in [-0.2, -0.15) is 0 Å². The Morgan fingerprint density at radius 1 is 1.07 bits per heavy atom. The van der Waals surface area contributed by atoms with E-state index in [4.69, 9.17) is 0 Å². The molecule has 1 amide bonds. The molecule has 0 spiro atoms. The zero-order valence-corrected chi connectivity index (χ0v) is 18.2. The molecule has 0 radical (unpaired) electrons. The van der Waals surface area contributed by atoms with Crippen molar-refractivity contribution < 1.29 is 13.2 Å². The highest BCUT2D eigenvalue weighted by Gasteiger charge is 2.30. The first-order chi connectivity index (χ1) is 13.6. The summed E-state index contributed by atoms with van der Waals surface area (Å²) in [7, 11) is -3.69. The smallest absolute Gasteiger partial charge is 0.249 e. The second-order valence-electron chi connectivity index (χ2n) is 6.85. The van der Waals surface area contributed by atoms with Gasteiger partial charge in [0.1, 0.15) is 11.0 Å². The van der Waals surface area contributed by atoms with Crippen molar-refractivity contribution in [3.05, 3.63) is 59.7 Å². The Morgan fingerprint density at radius 2 is 1.69 bits per heavy atom. The molecule has 3 aromatic rings. The maximum absolute atomic E-state index is 12.8. The molecule has 9 heteroatoms. The van der Waals surface area contributed by atoms with E-state index < -0.39 is 22.0 Å². The lowest BCUT2D eigenvalue weighted by Crippen LogP contribution is -2.45. The third-order valence-corrected chi connectivity index (χ3v) is 6.35. The van der Waals surface area contributed by atoms with E-state index in [1.165, 1.54) is 11.3 Å². The van der Waals surface area contributed by atoms with E-state index in [0.29, 0.717) is 15.8 Å². The first-order valence-electron chi connectivity index (χ1n) is 8.92. The molecule has 3 rings (SSSR count). The van der Waals surface area contributed by atoms with Gasteiger partial charge >= 0.3 is 0 Å². The number of carbonyl (C=O) groups is 1. The van der Waals surface area contributed by atoms with Gasteiger partial charge in [-0.25, -0.2) is 8.42 Å². The van der Waals surface area contributed by atoms with Crippen LogP contribution in [0.1, 0.15) is 18.1 Å². The lowest BCUT2D eigenvalue weighted by Gasteiger charge is -2.28. The Morgan fingerprint density at radius 3 is 2.28 bits per heavy atom. The van der Waals surface area contributed by atoms with Crippen molar-refractivity contribution in [2.24, 2.45) is 0 Å². The Balaban J connectivity index is 1.84. The highest BCUT2D eigenvalue weighted by molar-refractivity contribution is 7.92. The van der Waals surface area contributed by atoms with E-state index in [1.807, 2.05) is 50.2 Å². The molecule has 152 valence electrons. The molecule has 29 heavy (non-hydrogen) atoms. The standard InChI is InChI=1S/C20H22N4O3S2/c1-13-10-14(2)12-17(11-13)24(29(4,26)27)15(3)18(25)21-20-23-22-19(28-20)16-8-6-5-7-9-16/h5-12,15H,1-4H3,(H,21,23,25)/t15-/m1/s1. The number of carbonyl (C=O) groups excluding carboxylic acids is 1. The average Bonchev–Trinajstić information content (AvgIpc) is 3.09. The first kappa shape index (κ1) is 20.9. The van der Waals surface area contributed by atoms with Crippen LogP contribution in [0.4, 0.5) is 10.8 Å². The minimum absolute atomic E-state index is 0.314. The third kappa shape index (κ3) is 4.99. The van der Waals surface area contributed by atoms with Gasteiger partial charge in [-0.1, -0.05) is 47.7 Å². The van der Waals surface area contributed by atoms with Crippen LogP contribution in [0.5, 0.6) is 0 Å². The van der Waals surface area contributed by atoms with Gasteiger partial charge in [-0.15, -0.1) is 10.2 Å². The molecular formula is C20H22N4O3S2. The van der Waals surface area contributed by atoms with Gasteiger partial charge in [0.15, 0.2) is 0 Å². The van der Waals surface area contributed by atoms with Crippen molar-refractivity contribution in [1.82, 2.24) is 10.2 Å². The van der Waals surface area contributed by atoms with Crippen LogP contribution in [-0.4, -0.2) is 36.8 Å². The predicted octanol–water partition coefficient (Wildman–Crippen LogP) is 3.62. The number of amides is 1. The number of nitrogens with one attached hydrogen (secondary N) is 1. The minimum Gasteiger partial charge on any atom is -0.299 e. The van der Waals surface area contributed by atoms with Gasteiger partial charge in [0.2, 0.25) is 21.1 Å². The molecule has 0 unspecified atom stereocenters. The van der Waals surface area contributed by atoms with Crippen molar-refractivity contribution in [3.63, 3.8) is 0 Å². The SMILES string of the molecule is Cc1cc(C)cc(N([C@H](C)C(=O)Nc2nnc(-c3ccccc3)s2)S(C)(=O)=O)c1. The van der Waals surface area contributed by atoms with Gasteiger partial charge in [-0.3, -0.25) is 14.4 Å². The van der Waals surface area contributed by atoms with E-state index >= 15 is 0 Å². The Hall–Kier alpha value is -2.78. The van der Waals surface area contributed by atoms with E-state index in [0.717, 1.165) is 27.3 Å². The molecule has 1 N–H and O–H groups in total. The number of hydrogen-bond acceptors (Lipinski definition) is 6. The average molecular weight is 431 g/mol. The molecule has 1 atom stereocenters. The second-order valence-corrected chi connectivity index (χ2v) is 9.69. The van der Waals surface area contributed by atoms with Crippen LogP contribution in [-0.2, 0) is 14.8 Å².